The molecule has 0 aliphatic carbocycles. The van der Waals surface area contributed by atoms with E-state index >= 15 is 0 Å². The summed E-state index contributed by atoms with van der Waals surface area (Å²) in [5.74, 6) is -1.25. The highest BCUT2D eigenvalue weighted by molar-refractivity contribution is 6.05. The number of nitrogens with one attached hydrogen (secondary N) is 1. The summed E-state index contributed by atoms with van der Waals surface area (Å²) in [5.41, 5.74) is 2.22. The number of nitro benzene ring substituents is 1. The molecular weight excluding hydrogens is 412 g/mol. The van der Waals surface area contributed by atoms with Crippen LogP contribution < -0.4 is 5.32 Å². The van der Waals surface area contributed by atoms with Crippen molar-refractivity contribution >= 4 is 34.2 Å². The van der Waals surface area contributed by atoms with Gasteiger partial charge in [-0.25, -0.2) is 9.78 Å². The monoisotopic (exact) mass is 428 g/mol. The molecule has 0 bridgehead atoms. The number of para-hydroxylation sites is 1. The van der Waals surface area contributed by atoms with Crippen molar-refractivity contribution in [1.29, 1.82) is 0 Å². The molecule has 0 atom stereocenters. The van der Waals surface area contributed by atoms with E-state index in [2.05, 4.69) is 15.3 Å². The number of fused-ring (bicyclic) bond motifs is 1. The average Bonchev–Trinajstić information content (AvgIpc) is 2.82. The fourth-order valence-electron chi connectivity index (χ4n) is 3.06. The Morgan fingerprint density at radius 3 is 2.44 bits per heavy atom. The van der Waals surface area contributed by atoms with Crippen molar-refractivity contribution in [3.63, 3.8) is 0 Å². The number of carbonyl (C=O) groups excluding carboxylic acids is 2. The van der Waals surface area contributed by atoms with Gasteiger partial charge in [-0.2, -0.15) is 0 Å². The van der Waals surface area contributed by atoms with Gasteiger partial charge in [0.1, 0.15) is 0 Å². The van der Waals surface area contributed by atoms with Crippen LogP contribution in [0.3, 0.4) is 0 Å². The van der Waals surface area contributed by atoms with Gasteiger partial charge < -0.3 is 10.1 Å². The largest absolute Gasteiger partial charge is 0.452 e. The number of esters is 1. The van der Waals surface area contributed by atoms with Crippen molar-refractivity contribution in [2.24, 2.45) is 0 Å². The van der Waals surface area contributed by atoms with E-state index in [1.165, 1.54) is 24.3 Å². The Hall–Kier alpha value is -4.66. The second-order valence-electron chi connectivity index (χ2n) is 6.72. The van der Waals surface area contributed by atoms with Crippen LogP contribution in [-0.2, 0) is 9.53 Å². The molecule has 2 heterocycles. The first-order valence-electron chi connectivity index (χ1n) is 9.54. The topological polar surface area (TPSA) is 124 Å². The molecule has 0 unspecified atom stereocenters. The molecule has 0 fully saturated rings. The van der Waals surface area contributed by atoms with Gasteiger partial charge in [0.25, 0.3) is 11.6 Å². The van der Waals surface area contributed by atoms with Crippen molar-refractivity contribution in [2.45, 2.75) is 0 Å². The van der Waals surface area contributed by atoms with E-state index < -0.39 is 23.4 Å². The summed E-state index contributed by atoms with van der Waals surface area (Å²) in [5, 5.41) is 13.8. The molecule has 32 heavy (non-hydrogen) atoms. The van der Waals surface area contributed by atoms with Gasteiger partial charge in [0, 0.05) is 29.4 Å². The minimum absolute atomic E-state index is 0.0947. The van der Waals surface area contributed by atoms with Gasteiger partial charge in [-0.15, -0.1) is 0 Å². The molecule has 0 aliphatic rings. The third-order valence-electron chi connectivity index (χ3n) is 4.56. The van der Waals surface area contributed by atoms with E-state index in [9.17, 15) is 19.7 Å². The number of benzene rings is 2. The predicted octanol–water partition coefficient (Wildman–Crippen LogP) is 4.00. The number of non-ortho nitro benzene ring substituents is 1. The van der Waals surface area contributed by atoms with Gasteiger partial charge >= 0.3 is 5.97 Å². The van der Waals surface area contributed by atoms with E-state index in [0.717, 1.165) is 0 Å². The van der Waals surface area contributed by atoms with E-state index in [0.29, 0.717) is 28.0 Å². The highest BCUT2D eigenvalue weighted by Gasteiger charge is 2.17. The van der Waals surface area contributed by atoms with Crippen LogP contribution >= 0.6 is 0 Å². The number of amides is 1. The van der Waals surface area contributed by atoms with Crippen LogP contribution in [0.15, 0.2) is 79.0 Å². The summed E-state index contributed by atoms with van der Waals surface area (Å²) >= 11 is 0. The number of carbonyl (C=O) groups is 2. The van der Waals surface area contributed by atoms with Gasteiger partial charge in [0.15, 0.2) is 6.61 Å². The molecule has 4 aromatic rings. The smallest absolute Gasteiger partial charge is 0.339 e. The van der Waals surface area contributed by atoms with Gasteiger partial charge in [-0.05, 0) is 36.4 Å². The van der Waals surface area contributed by atoms with Crippen molar-refractivity contribution in [2.75, 3.05) is 11.9 Å². The molecule has 2 aromatic heterocycles. The summed E-state index contributed by atoms with van der Waals surface area (Å²) in [6, 6.07) is 19.4. The SMILES string of the molecule is O=C(COC(=O)c1cc(-c2ccccn2)nc2ccccc12)Nc1ccc([N+](=O)[O-])cc1. The van der Waals surface area contributed by atoms with Gasteiger partial charge in [0.2, 0.25) is 0 Å². The molecule has 0 saturated heterocycles. The Kier molecular flexibility index (Phi) is 5.80. The highest BCUT2D eigenvalue weighted by atomic mass is 16.6. The Bertz CT molecular complexity index is 1310. The number of anilines is 1. The number of hydrogen-bond donors (Lipinski definition) is 1. The minimum atomic E-state index is -0.681. The zero-order chi connectivity index (χ0) is 22.5. The predicted molar refractivity (Wildman–Crippen MR) is 117 cm³/mol. The number of nitro groups is 1. The van der Waals surface area contributed by atoms with Crippen molar-refractivity contribution < 1.29 is 19.2 Å². The first kappa shape index (κ1) is 20.6. The Labute approximate surface area is 181 Å². The molecule has 4 rings (SSSR count). The van der Waals surface area contributed by atoms with E-state index in [4.69, 9.17) is 4.74 Å². The fourth-order valence-corrected chi connectivity index (χ4v) is 3.06. The molecule has 0 aliphatic heterocycles. The highest BCUT2D eigenvalue weighted by Crippen LogP contribution is 2.24. The van der Waals surface area contributed by atoms with E-state index in [1.807, 2.05) is 12.1 Å². The number of rotatable bonds is 6. The molecular formula is C23H16N4O5. The summed E-state index contributed by atoms with van der Waals surface area (Å²) in [7, 11) is 0. The van der Waals surface area contributed by atoms with E-state index in [1.54, 1.807) is 42.6 Å². The third-order valence-corrected chi connectivity index (χ3v) is 4.56. The van der Waals surface area contributed by atoms with Crippen LogP contribution in [0.2, 0.25) is 0 Å². The molecule has 158 valence electrons. The maximum Gasteiger partial charge on any atom is 0.339 e. The van der Waals surface area contributed by atoms with Gasteiger partial charge in [-0.1, -0.05) is 24.3 Å². The normalized spacial score (nSPS) is 10.5. The summed E-state index contributed by atoms with van der Waals surface area (Å²) < 4.78 is 5.22. The lowest BCUT2D eigenvalue weighted by atomic mass is 10.1. The summed E-state index contributed by atoms with van der Waals surface area (Å²) in [4.78, 5) is 44.0. The number of ether oxygens (including phenoxy) is 1. The lowest BCUT2D eigenvalue weighted by Crippen LogP contribution is -2.21. The first-order chi connectivity index (χ1) is 15.5. The Morgan fingerprint density at radius 1 is 0.969 bits per heavy atom. The summed E-state index contributed by atoms with van der Waals surface area (Å²) in [6.45, 7) is -0.522. The number of hydrogen-bond acceptors (Lipinski definition) is 7. The van der Waals surface area contributed by atoms with Crippen molar-refractivity contribution in [3.05, 3.63) is 94.7 Å². The zero-order valence-corrected chi connectivity index (χ0v) is 16.6. The summed E-state index contributed by atoms with van der Waals surface area (Å²) in [6.07, 6.45) is 1.63. The maximum atomic E-state index is 12.8. The molecule has 9 heteroatoms. The van der Waals surface area contributed by atoms with Crippen LogP contribution in [0.5, 0.6) is 0 Å². The molecule has 0 radical (unpaired) electrons. The standard InChI is InChI=1S/C23H16N4O5/c28-22(25-15-8-10-16(11-9-15)27(30)31)14-32-23(29)18-13-21(20-7-3-4-12-24-20)26-19-6-2-1-5-17(18)19/h1-13H,14H2,(H,25,28). The van der Waals surface area contributed by atoms with Gasteiger partial charge in [0.05, 0.1) is 27.4 Å². The quantitative estimate of drug-likeness (QED) is 0.280. The van der Waals surface area contributed by atoms with Crippen LogP contribution in [-0.4, -0.2) is 33.4 Å². The maximum absolute atomic E-state index is 12.8. The van der Waals surface area contributed by atoms with Crippen LogP contribution in [0.4, 0.5) is 11.4 Å². The molecule has 1 N–H and O–H groups in total. The second-order valence-corrected chi connectivity index (χ2v) is 6.72. The minimum Gasteiger partial charge on any atom is -0.452 e. The lowest BCUT2D eigenvalue weighted by molar-refractivity contribution is -0.384. The van der Waals surface area contributed by atoms with Crippen LogP contribution in [0.1, 0.15) is 10.4 Å². The average molecular weight is 428 g/mol. The number of pyridine rings is 2. The Morgan fingerprint density at radius 2 is 1.72 bits per heavy atom. The second kappa shape index (κ2) is 9.00. The van der Waals surface area contributed by atoms with E-state index in [-0.39, 0.29) is 11.3 Å². The molecule has 9 nitrogen and oxygen atoms in total. The molecule has 2 aromatic carbocycles. The molecule has 1 amide bonds. The lowest BCUT2D eigenvalue weighted by Gasteiger charge is -2.10. The van der Waals surface area contributed by atoms with Gasteiger partial charge in [-0.3, -0.25) is 19.9 Å². The fraction of sp³-hybridized carbons (Fsp3) is 0.0435. The number of aromatic nitrogens is 2. The van der Waals surface area contributed by atoms with Crippen molar-refractivity contribution in [1.82, 2.24) is 9.97 Å². The number of nitrogens with zero attached hydrogens (tertiary/aromatic N) is 3. The van der Waals surface area contributed by atoms with Crippen LogP contribution in [0.25, 0.3) is 22.3 Å². The third kappa shape index (κ3) is 4.57. The van der Waals surface area contributed by atoms with Crippen molar-refractivity contribution in [3.8, 4) is 11.4 Å². The van der Waals surface area contributed by atoms with Crippen LogP contribution in [0, 0.1) is 10.1 Å². The Balaban J connectivity index is 1.51. The zero-order valence-electron chi connectivity index (χ0n) is 16.6. The molecule has 0 spiro atoms. The molecule has 0 saturated carbocycles. The first-order valence-corrected chi connectivity index (χ1v) is 9.54.